The van der Waals surface area contributed by atoms with Gasteiger partial charge in [-0.2, -0.15) is 0 Å². The van der Waals surface area contributed by atoms with Crippen molar-refractivity contribution in [3.05, 3.63) is 24.2 Å². The molecule has 0 fully saturated rings. The smallest absolute Gasteiger partial charge is 0.291 e. The minimum Gasteiger partial charge on any atom is -0.323 e. The standard InChI is InChI=1S/C8H9N3O/c1-6-5-11-4-2-3-9-7(11)8(12)10-6/h2-3,5H,4H2,1H3,(H,10,12). The van der Waals surface area contributed by atoms with Crippen molar-refractivity contribution in [1.82, 2.24) is 10.2 Å². The Bertz CT molecular complexity index is 314. The zero-order valence-electron chi connectivity index (χ0n) is 6.74. The Kier molecular flexibility index (Phi) is 1.46. The van der Waals surface area contributed by atoms with Crippen LogP contribution in [0.2, 0.25) is 0 Å². The topological polar surface area (TPSA) is 44.7 Å². The SMILES string of the molecule is CC1=CN2CC=CN=C2C(=O)N1. The molecule has 0 unspecified atom stereocenters. The largest absolute Gasteiger partial charge is 0.323 e. The second-order valence-electron chi connectivity index (χ2n) is 2.76. The van der Waals surface area contributed by atoms with Crippen LogP contribution < -0.4 is 5.32 Å². The number of amidine groups is 1. The first kappa shape index (κ1) is 7.09. The maximum Gasteiger partial charge on any atom is 0.291 e. The average molecular weight is 163 g/mol. The third kappa shape index (κ3) is 1.01. The van der Waals surface area contributed by atoms with Crippen molar-refractivity contribution in [2.45, 2.75) is 6.92 Å². The number of amides is 1. The van der Waals surface area contributed by atoms with Crippen molar-refractivity contribution >= 4 is 11.7 Å². The molecule has 2 rings (SSSR count). The molecule has 0 spiro atoms. The zero-order valence-corrected chi connectivity index (χ0v) is 6.74. The van der Waals surface area contributed by atoms with Crippen LogP contribution in [0.1, 0.15) is 6.92 Å². The minimum absolute atomic E-state index is 0.126. The number of rotatable bonds is 0. The van der Waals surface area contributed by atoms with Crippen LogP contribution in [-0.2, 0) is 4.79 Å². The summed E-state index contributed by atoms with van der Waals surface area (Å²) >= 11 is 0. The summed E-state index contributed by atoms with van der Waals surface area (Å²) < 4.78 is 0. The van der Waals surface area contributed by atoms with Gasteiger partial charge in [0.15, 0.2) is 5.84 Å². The molecular formula is C8H9N3O. The highest BCUT2D eigenvalue weighted by Crippen LogP contribution is 2.08. The van der Waals surface area contributed by atoms with E-state index in [1.165, 1.54) is 0 Å². The number of allylic oxidation sites excluding steroid dienone is 1. The van der Waals surface area contributed by atoms with Gasteiger partial charge in [-0.3, -0.25) is 4.79 Å². The molecule has 0 radical (unpaired) electrons. The van der Waals surface area contributed by atoms with Crippen LogP contribution in [0.5, 0.6) is 0 Å². The molecule has 0 aliphatic carbocycles. The number of carbonyl (C=O) groups is 1. The molecule has 1 amide bonds. The van der Waals surface area contributed by atoms with E-state index < -0.39 is 0 Å². The molecule has 2 aliphatic heterocycles. The Balaban J connectivity index is 2.39. The molecule has 0 saturated heterocycles. The lowest BCUT2D eigenvalue weighted by molar-refractivity contribution is -0.115. The highest BCUT2D eigenvalue weighted by atomic mass is 16.2. The van der Waals surface area contributed by atoms with E-state index in [0.29, 0.717) is 5.84 Å². The maximum atomic E-state index is 11.3. The lowest BCUT2D eigenvalue weighted by Gasteiger charge is -2.27. The number of nitrogens with zero attached hydrogens (tertiary/aromatic N) is 2. The summed E-state index contributed by atoms with van der Waals surface area (Å²) in [6.07, 6.45) is 5.44. The first-order chi connectivity index (χ1) is 5.77. The first-order valence-electron chi connectivity index (χ1n) is 3.76. The number of fused-ring (bicyclic) bond motifs is 1. The van der Waals surface area contributed by atoms with Gasteiger partial charge in [0.2, 0.25) is 0 Å². The molecule has 0 aromatic heterocycles. The molecule has 62 valence electrons. The maximum absolute atomic E-state index is 11.3. The van der Waals surface area contributed by atoms with E-state index in [9.17, 15) is 4.79 Å². The number of hydrogen-bond acceptors (Lipinski definition) is 3. The fourth-order valence-electron chi connectivity index (χ4n) is 1.25. The van der Waals surface area contributed by atoms with E-state index >= 15 is 0 Å². The summed E-state index contributed by atoms with van der Waals surface area (Å²) in [5.41, 5.74) is 0.856. The second-order valence-corrected chi connectivity index (χ2v) is 2.76. The number of hydrogen-bond donors (Lipinski definition) is 1. The van der Waals surface area contributed by atoms with E-state index in [1.54, 1.807) is 6.20 Å². The molecule has 0 saturated carbocycles. The van der Waals surface area contributed by atoms with Gasteiger partial charge in [-0.25, -0.2) is 4.99 Å². The van der Waals surface area contributed by atoms with E-state index in [1.807, 2.05) is 24.1 Å². The summed E-state index contributed by atoms with van der Waals surface area (Å²) in [6.45, 7) is 2.58. The van der Waals surface area contributed by atoms with E-state index in [4.69, 9.17) is 0 Å². The molecule has 0 atom stereocenters. The Morgan fingerprint density at radius 1 is 1.67 bits per heavy atom. The van der Waals surface area contributed by atoms with Gasteiger partial charge in [0.1, 0.15) is 0 Å². The monoisotopic (exact) mass is 163 g/mol. The van der Waals surface area contributed by atoms with Gasteiger partial charge in [-0.15, -0.1) is 0 Å². The fraction of sp³-hybridized carbons (Fsp3) is 0.250. The Morgan fingerprint density at radius 3 is 3.33 bits per heavy atom. The molecule has 2 heterocycles. The average Bonchev–Trinajstić information content (AvgIpc) is 2.04. The highest BCUT2D eigenvalue weighted by Gasteiger charge is 2.22. The highest BCUT2D eigenvalue weighted by molar-refractivity contribution is 6.39. The molecular weight excluding hydrogens is 154 g/mol. The van der Waals surface area contributed by atoms with Crippen molar-refractivity contribution in [3.63, 3.8) is 0 Å². The predicted octanol–water partition coefficient (Wildman–Crippen LogP) is 0.205. The quantitative estimate of drug-likeness (QED) is 0.554. The van der Waals surface area contributed by atoms with Crippen molar-refractivity contribution in [2.75, 3.05) is 6.54 Å². The molecule has 2 aliphatic rings. The number of carbonyl (C=O) groups excluding carboxylic acids is 1. The van der Waals surface area contributed by atoms with Crippen molar-refractivity contribution in [2.24, 2.45) is 4.99 Å². The van der Waals surface area contributed by atoms with Crippen LogP contribution in [0.3, 0.4) is 0 Å². The lowest BCUT2D eigenvalue weighted by atomic mass is 10.3. The van der Waals surface area contributed by atoms with Gasteiger partial charge in [0.25, 0.3) is 5.91 Å². The molecule has 4 nitrogen and oxygen atoms in total. The summed E-state index contributed by atoms with van der Waals surface area (Å²) in [4.78, 5) is 17.1. The van der Waals surface area contributed by atoms with Crippen LogP contribution >= 0.6 is 0 Å². The van der Waals surface area contributed by atoms with Gasteiger partial charge in [-0.1, -0.05) is 0 Å². The van der Waals surface area contributed by atoms with Crippen LogP contribution in [0.4, 0.5) is 0 Å². The number of nitrogens with one attached hydrogen (secondary N) is 1. The molecule has 0 aromatic rings. The lowest BCUT2D eigenvalue weighted by Crippen LogP contribution is -2.45. The van der Waals surface area contributed by atoms with Gasteiger partial charge in [0, 0.05) is 24.6 Å². The summed E-state index contributed by atoms with van der Waals surface area (Å²) in [6, 6.07) is 0. The first-order valence-corrected chi connectivity index (χ1v) is 3.76. The van der Waals surface area contributed by atoms with Gasteiger partial charge >= 0.3 is 0 Å². The van der Waals surface area contributed by atoms with Gasteiger partial charge in [0.05, 0.1) is 0 Å². The third-order valence-corrected chi connectivity index (χ3v) is 1.74. The molecule has 4 heteroatoms. The molecule has 12 heavy (non-hydrogen) atoms. The Labute approximate surface area is 70.3 Å². The third-order valence-electron chi connectivity index (χ3n) is 1.74. The Hall–Kier alpha value is -1.58. The minimum atomic E-state index is -0.126. The molecule has 0 bridgehead atoms. The molecule has 1 N–H and O–H groups in total. The summed E-state index contributed by atoms with van der Waals surface area (Å²) in [5, 5.41) is 2.69. The van der Waals surface area contributed by atoms with Crippen LogP contribution in [0.25, 0.3) is 0 Å². The van der Waals surface area contributed by atoms with Crippen molar-refractivity contribution in [3.8, 4) is 0 Å². The Morgan fingerprint density at radius 2 is 2.50 bits per heavy atom. The number of aliphatic imine (C=N–C) groups is 1. The summed E-state index contributed by atoms with van der Waals surface area (Å²) in [5.74, 6) is 0.349. The fourth-order valence-corrected chi connectivity index (χ4v) is 1.25. The van der Waals surface area contributed by atoms with E-state index in [0.717, 1.165) is 12.2 Å². The molecule has 0 aromatic carbocycles. The van der Waals surface area contributed by atoms with Gasteiger partial charge < -0.3 is 10.2 Å². The van der Waals surface area contributed by atoms with Crippen molar-refractivity contribution in [1.29, 1.82) is 0 Å². The van der Waals surface area contributed by atoms with Crippen molar-refractivity contribution < 1.29 is 4.79 Å². The normalized spacial score (nSPS) is 21.1. The van der Waals surface area contributed by atoms with Crippen LogP contribution in [-0.4, -0.2) is 23.2 Å². The van der Waals surface area contributed by atoms with Crippen LogP contribution in [0, 0.1) is 0 Å². The summed E-state index contributed by atoms with van der Waals surface area (Å²) in [7, 11) is 0. The zero-order chi connectivity index (χ0) is 8.55. The predicted molar refractivity (Wildman–Crippen MR) is 45.2 cm³/mol. The van der Waals surface area contributed by atoms with Crippen LogP contribution in [0.15, 0.2) is 29.2 Å². The van der Waals surface area contributed by atoms with E-state index in [2.05, 4.69) is 10.3 Å². The van der Waals surface area contributed by atoms with Gasteiger partial charge in [-0.05, 0) is 13.0 Å². The van der Waals surface area contributed by atoms with E-state index in [-0.39, 0.29) is 5.91 Å². The second kappa shape index (κ2) is 2.48.